The first-order chi connectivity index (χ1) is 12.1. The minimum atomic E-state index is 0.0262. The van der Waals surface area contributed by atoms with E-state index in [1.807, 2.05) is 31.2 Å². The van der Waals surface area contributed by atoms with Crippen LogP contribution >= 0.6 is 0 Å². The highest BCUT2D eigenvalue weighted by Gasteiger charge is 2.31. The van der Waals surface area contributed by atoms with Crippen LogP contribution in [-0.4, -0.2) is 17.9 Å². The summed E-state index contributed by atoms with van der Waals surface area (Å²) in [5, 5.41) is 6.29. The summed E-state index contributed by atoms with van der Waals surface area (Å²) in [5.41, 5.74) is 1.97. The Balaban J connectivity index is 1.45. The lowest BCUT2D eigenvalue weighted by atomic mass is 9.80. The minimum absolute atomic E-state index is 0.0262. The summed E-state index contributed by atoms with van der Waals surface area (Å²) in [5.74, 6) is 0.424. The molecule has 1 aromatic carbocycles. The molecule has 0 unspecified atom stereocenters. The molecule has 4 heteroatoms. The van der Waals surface area contributed by atoms with Gasteiger partial charge in [-0.2, -0.15) is 0 Å². The number of carbonyl (C=O) groups is 2. The second-order valence-electron chi connectivity index (χ2n) is 7.70. The normalized spacial score (nSPS) is 24.5. The summed E-state index contributed by atoms with van der Waals surface area (Å²) in [6, 6.07) is 8.23. The Bertz CT molecular complexity index is 600. The third-order valence-corrected chi connectivity index (χ3v) is 5.82. The van der Waals surface area contributed by atoms with E-state index in [4.69, 9.17) is 0 Å². The van der Waals surface area contributed by atoms with E-state index in [-0.39, 0.29) is 23.7 Å². The van der Waals surface area contributed by atoms with E-state index in [0.717, 1.165) is 49.8 Å². The van der Waals surface area contributed by atoms with Crippen molar-refractivity contribution in [3.05, 3.63) is 29.8 Å². The van der Waals surface area contributed by atoms with Gasteiger partial charge in [0.15, 0.2) is 0 Å². The van der Waals surface area contributed by atoms with Crippen LogP contribution in [0.5, 0.6) is 0 Å². The number of amides is 2. The van der Waals surface area contributed by atoms with Crippen molar-refractivity contribution < 1.29 is 9.59 Å². The number of para-hydroxylation sites is 1. The molecule has 0 radical (unpaired) electrons. The number of hydrogen-bond acceptors (Lipinski definition) is 2. The standard InChI is InChI=1S/C21H30N2O2/c1-15-7-5-6-10-19(15)23-21(25)17-13-11-16(12-14-17)20(24)22-18-8-3-2-4-9-18/h5-7,10,16-18H,2-4,8-9,11-14H2,1H3,(H,22,24)(H,23,25). The van der Waals surface area contributed by atoms with E-state index in [9.17, 15) is 9.59 Å². The maximum atomic E-state index is 12.5. The van der Waals surface area contributed by atoms with Crippen molar-refractivity contribution >= 4 is 17.5 Å². The fourth-order valence-corrected chi connectivity index (χ4v) is 4.13. The molecule has 0 heterocycles. The van der Waals surface area contributed by atoms with Crippen molar-refractivity contribution in [1.82, 2.24) is 5.32 Å². The molecule has 2 aliphatic rings. The number of hydrogen-bond donors (Lipinski definition) is 2. The van der Waals surface area contributed by atoms with Gasteiger partial charge in [0.1, 0.15) is 0 Å². The summed E-state index contributed by atoms with van der Waals surface area (Å²) in [6.07, 6.45) is 9.27. The van der Waals surface area contributed by atoms with Crippen LogP contribution in [0, 0.1) is 18.8 Å². The van der Waals surface area contributed by atoms with Gasteiger partial charge in [-0.05, 0) is 57.1 Å². The molecule has 4 nitrogen and oxygen atoms in total. The zero-order chi connectivity index (χ0) is 17.6. The highest BCUT2D eigenvalue weighted by Crippen LogP contribution is 2.30. The number of benzene rings is 1. The maximum Gasteiger partial charge on any atom is 0.227 e. The molecule has 25 heavy (non-hydrogen) atoms. The van der Waals surface area contributed by atoms with Gasteiger partial charge in [0.25, 0.3) is 0 Å². The molecular weight excluding hydrogens is 312 g/mol. The Labute approximate surface area is 150 Å². The average Bonchev–Trinajstić information content (AvgIpc) is 2.64. The highest BCUT2D eigenvalue weighted by molar-refractivity contribution is 5.93. The molecule has 0 saturated heterocycles. The van der Waals surface area contributed by atoms with Crippen LogP contribution in [0.25, 0.3) is 0 Å². The molecule has 0 spiro atoms. The van der Waals surface area contributed by atoms with Crippen LogP contribution in [0.4, 0.5) is 5.69 Å². The Hall–Kier alpha value is -1.84. The molecule has 2 aliphatic carbocycles. The van der Waals surface area contributed by atoms with Crippen LogP contribution in [0.3, 0.4) is 0 Å². The molecule has 0 aromatic heterocycles. The van der Waals surface area contributed by atoms with Crippen molar-refractivity contribution in [3.63, 3.8) is 0 Å². The predicted octanol–water partition coefficient (Wildman–Crippen LogP) is 4.19. The lowest BCUT2D eigenvalue weighted by Gasteiger charge is -2.30. The minimum Gasteiger partial charge on any atom is -0.353 e. The van der Waals surface area contributed by atoms with Crippen molar-refractivity contribution in [3.8, 4) is 0 Å². The molecule has 1 aromatic rings. The number of nitrogens with one attached hydrogen (secondary N) is 2. The van der Waals surface area contributed by atoms with E-state index in [2.05, 4.69) is 10.6 Å². The first-order valence-corrected chi connectivity index (χ1v) is 9.80. The molecule has 2 fully saturated rings. The molecular formula is C21H30N2O2. The lowest BCUT2D eigenvalue weighted by molar-refractivity contribution is -0.129. The third-order valence-electron chi connectivity index (χ3n) is 5.82. The average molecular weight is 342 g/mol. The van der Waals surface area contributed by atoms with Gasteiger partial charge in [0, 0.05) is 23.6 Å². The van der Waals surface area contributed by atoms with Crippen molar-refractivity contribution in [2.45, 2.75) is 70.8 Å². The van der Waals surface area contributed by atoms with Crippen molar-refractivity contribution in [2.24, 2.45) is 11.8 Å². The molecule has 2 amide bonds. The Morgan fingerprint density at radius 2 is 1.44 bits per heavy atom. The quantitative estimate of drug-likeness (QED) is 0.862. The number of carbonyl (C=O) groups excluding carboxylic acids is 2. The Morgan fingerprint density at radius 3 is 2.08 bits per heavy atom. The van der Waals surface area contributed by atoms with Crippen LogP contribution in [0.2, 0.25) is 0 Å². The SMILES string of the molecule is Cc1ccccc1NC(=O)C1CCC(C(=O)NC2CCCCC2)CC1. The predicted molar refractivity (Wildman–Crippen MR) is 100 cm³/mol. The molecule has 2 saturated carbocycles. The van der Waals surface area contributed by atoms with E-state index >= 15 is 0 Å². The monoisotopic (exact) mass is 342 g/mol. The summed E-state index contributed by atoms with van der Waals surface area (Å²) >= 11 is 0. The van der Waals surface area contributed by atoms with Gasteiger partial charge in [-0.25, -0.2) is 0 Å². The summed E-state index contributed by atoms with van der Waals surface area (Å²) in [7, 11) is 0. The Kier molecular flexibility index (Phi) is 6.11. The van der Waals surface area contributed by atoms with E-state index < -0.39 is 0 Å². The highest BCUT2D eigenvalue weighted by atomic mass is 16.2. The topological polar surface area (TPSA) is 58.2 Å². The van der Waals surface area contributed by atoms with Gasteiger partial charge in [-0.3, -0.25) is 9.59 Å². The molecule has 2 N–H and O–H groups in total. The molecule has 0 atom stereocenters. The van der Waals surface area contributed by atoms with Crippen LogP contribution in [0.1, 0.15) is 63.4 Å². The van der Waals surface area contributed by atoms with E-state index in [1.54, 1.807) is 0 Å². The second kappa shape index (κ2) is 8.50. The molecule has 0 aliphatic heterocycles. The van der Waals surface area contributed by atoms with E-state index in [0.29, 0.717) is 6.04 Å². The first kappa shape index (κ1) is 18.0. The fraction of sp³-hybridized carbons (Fsp3) is 0.619. The van der Waals surface area contributed by atoms with Gasteiger partial charge in [0.2, 0.25) is 11.8 Å². The smallest absolute Gasteiger partial charge is 0.227 e. The van der Waals surface area contributed by atoms with Crippen LogP contribution < -0.4 is 10.6 Å². The largest absolute Gasteiger partial charge is 0.353 e. The zero-order valence-corrected chi connectivity index (χ0v) is 15.2. The summed E-state index contributed by atoms with van der Waals surface area (Å²) in [4.78, 5) is 25.0. The molecule has 0 bridgehead atoms. The summed E-state index contributed by atoms with van der Waals surface area (Å²) in [6.45, 7) is 2.00. The van der Waals surface area contributed by atoms with Gasteiger partial charge >= 0.3 is 0 Å². The van der Waals surface area contributed by atoms with Gasteiger partial charge in [-0.1, -0.05) is 37.5 Å². The van der Waals surface area contributed by atoms with Crippen LogP contribution in [0.15, 0.2) is 24.3 Å². The van der Waals surface area contributed by atoms with Crippen molar-refractivity contribution in [2.75, 3.05) is 5.32 Å². The molecule has 3 rings (SSSR count). The van der Waals surface area contributed by atoms with E-state index in [1.165, 1.54) is 19.3 Å². The van der Waals surface area contributed by atoms with Gasteiger partial charge in [-0.15, -0.1) is 0 Å². The number of rotatable bonds is 4. The fourth-order valence-electron chi connectivity index (χ4n) is 4.13. The third kappa shape index (κ3) is 4.83. The van der Waals surface area contributed by atoms with Crippen molar-refractivity contribution in [1.29, 1.82) is 0 Å². The van der Waals surface area contributed by atoms with Gasteiger partial charge < -0.3 is 10.6 Å². The number of anilines is 1. The Morgan fingerprint density at radius 1 is 0.840 bits per heavy atom. The first-order valence-electron chi connectivity index (χ1n) is 9.80. The van der Waals surface area contributed by atoms with Crippen LogP contribution in [-0.2, 0) is 9.59 Å². The summed E-state index contributed by atoms with van der Waals surface area (Å²) < 4.78 is 0. The molecule has 136 valence electrons. The van der Waals surface area contributed by atoms with Gasteiger partial charge in [0.05, 0.1) is 0 Å². The zero-order valence-electron chi connectivity index (χ0n) is 15.2. The number of aryl methyl sites for hydroxylation is 1. The maximum absolute atomic E-state index is 12.5. The second-order valence-corrected chi connectivity index (χ2v) is 7.70. The lowest BCUT2D eigenvalue weighted by Crippen LogP contribution is -2.41.